The lowest BCUT2D eigenvalue weighted by atomic mass is 10.2. The predicted molar refractivity (Wildman–Crippen MR) is 54.0 cm³/mol. The van der Waals surface area contributed by atoms with E-state index in [4.69, 9.17) is 10.00 Å². The molecule has 0 spiro atoms. The summed E-state index contributed by atoms with van der Waals surface area (Å²) in [6.45, 7) is 1.89. The molecule has 0 aliphatic rings. The molecule has 1 aromatic heterocycles. The fourth-order valence-electron chi connectivity index (χ4n) is 0.971. The molecule has 0 amide bonds. The molecule has 0 bridgehead atoms. The molecule has 1 atom stereocenters. The molecule has 1 unspecified atom stereocenters. The Labute approximate surface area is 86.9 Å². The van der Waals surface area contributed by atoms with E-state index in [-0.39, 0.29) is 18.5 Å². The van der Waals surface area contributed by atoms with E-state index in [0.717, 1.165) is 0 Å². The van der Waals surface area contributed by atoms with Crippen LogP contribution in [0.25, 0.3) is 0 Å². The highest BCUT2D eigenvalue weighted by Crippen LogP contribution is 2.11. The smallest absolute Gasteiger partial charge is 0.339 e. The topological polar surface area (TPSA) is 50.1 Å². The van der Waals surface area contributed by atoms with Gasteiger partial charge >= 0.3 is 5.97 Å². The molecule has 0 aliphatic heterocycles. The molecule has 0 fully saturated rings. The summed E-state index contributed by atoms with van der Waals surface area (Å²) < 4.78 is 5.13. The van der Waals surface area contributed by atoms with E-state index in [1.807, 2.05) is 18.4 Å². The molecular weight excluding hydrogens is 198 g/mol. The van der Waals surface area contributed by atoms with Crippen LogP contribution < -0.4 is 0 Å². The number of hydrogen-bond donors (Lipinski definition) is 0. The zero-order valence-electron chi connectivity index (χ0n) is 7.90. The number of nitriles is 1. The highest BCUT2D eigenvalue weighted by atomic mass is 32.1. The summed E-state index contributed by atoms with van der Waals surface area (Å²) in [6, 6.07) is 3.71. The van der Waals surface area contributed by atoms with Crippen molar-refractivity contribution in [1.29, 1.82) is 5.26 Å². The summed E-state index contributed by atoms with van der Waals surface area (Å²) in [6.07, 6.45) is 0.642. The lowest BCUT2D eigenvalue weighted by Crippen LogP contribution is -2.16. The average molecular weight is 209 g/mol. The molecule has 0 saturated carbocycles. The van der Waals surface area contributed by atoms with E-state index in [1.54, 1.807) is 11.4 Å². The van der Waals surface area contributed by atoms with E-state index in [2.05, 4.69) is 0 Å². The summed E-state index contributed by atoms with van der Waals surface area (Å²) in [7, 11) is 0. The van der Waals surface area contributed by atoms with Crippen molar-refractivity contribution < 1.29 is 9.53 Å². The van der Waals surface area contributed by atoms with Crippen molar-refractivity contribution >= 4 is 17.3 Å². The van der Waals surface area contributed by atoms with E-state index < -0.39 is 0 Å². The molecular formula is C10H11NO2S. The van der Waals surface area contributed by atoms with Crippen molar-refractivity contribution in [3.63, 3.8) is 0 Å². The van der Waals surface area contributed by atoms with E-state index >= 15 is 0 Å². The number of carbonyl (C=O) groups excluding carboxylic acids is 1. The van der Waals surface area contributed by atoms with Crippen LogP contribution in [0.2, 0.25) is 0 Å². The van der Waals surface area contributed by atoms with Gasteiger partial charge in [0, 0.05) is 5.38 Å². The number of esters is 1. The summed E-state index contributed by atoms with van der Waals surface area (Å²) in [4.78, 5) is 11.4. The number of ether oxygens (including phenoxy) is 1. The van der Waals surface area contributed by atoms with Crippen LogP contribution in [0.4, 0.5) is 0 Å². The molecule has 1 rings (SSSR count). The second kappa shape index (κ2) is 5.40. The number of nitrogens with zero attached hydrogens (tertiary/aromatic N) is 1. The maximum absolute atomic E-state index is 11.4. The van der Waals surface area contributed by atoms with Crippen LogP contribution in [0.15, 0.2) is 16.8 Å². The molecule has 0 aromatic carbocycles. The third-order valence-corrected chi connectivity index (χ3v) is 2.49. The van der Waals surface area contributed by atoms with Gasteiger partial charge in [-0.3, -0.25) is 0 Å². The van der Waals surface area contributed by atoms with Gasteiger partial charge in [-0.2, -0.15) is 16.6 Å². The predicted octanol–water partition coefficient (Wildman–Crippen LogP) is 2.60. The SMILES string of the molecule is CCC(CC#N)OC(=O)c1ccsc1. The van der Waals surface area contributed by atoms with E-state index in [1.165, 1.54) is 11.3 Å². The minimum Gasteiger partial charge on any atom is -0.458 e. The first-order valence-electron chi connectivity index (χ1n) is 4.38. The minimum atomic E-state index is -0.339. The molecule has 1 aromatic rings. The lowest BCUT2D eigenvalue weighted by Gasteiger charge is -2.11. The second-order valence-electron chi connectivity index (χ2n) is 2.81. The van der Waals surface area contributed by atoms with E-state index in [9.17, 15) is 4.79 Å². The highest BCUT2D eigenvalue weighted by Gasteiger charge is 2.13. The van der Waals surface area contributed by atoms with Gasteiger partial charge in [-0.25, -0.2) is 4.79 Å². The monoisotopic (exact) mass is 209 g/mol. The van der Waals surface area contributed by atoms with Crippen molar-refractivity contribution in [3.8, 4) is 6.07 Å². The Balaban J connectivity index is 2.52. The molecule has 0 radical (unpaired) electrons. The maximum Gasteiger partial charge on any atom is 0.339 e. The molecule has 0 aliphatic carbocycles. The third-order valence-electron chi connectivity index (χ3n) is 1.80. The van der Waals surface area contributed by atoms with Crippen LogP contribution in [0.1, 0.15) is 30.1 Å². The van der Waals surface area contributed by atoms with Gasteiger partial charge in [-0.15, -0.1) is 0 Å². The van der Waals surface area contributed by atoms with Gasteiger partial charge in [0.25, 0.3) is 0 Å². The second-order valence-corrected chi connectivity index (χ2v) is 3.59. The number of carbonyl (C=O) groups is 1. The van der Waals surface area contributed by atoms with E-state index in [0.29, 0.717) is 12.0 Å². The fourth-order valence-corrected chi connectivity index (χ4v) is 1.60. The Morgan fingerprint density at radius 1 is 1.79 bits per heavy atom. The maximum atomic E-state index is 11.4. The molecule has 1 heterocycles. The Morgan fingerprint density at radius 3 is 3.07 bits per heavy atom. The van der Waals surface area contributed by atoms with Gasteiger partial charge in [0.1, 0.15) is 6.10 Å². The average Bonchev–Trinajstić information content (AvgIpc) is 2.69. The minimum absolute atomic E-state index is 0.256. The fraction of sp³-hybridized carbons (Fsp3) is 0.400. The normalized spacial score (nSPS) is 11.7. The molecule has 0 N–H and O–H groups in total. The van der Waals surface area contributed by atoms with Crippen LogP contribution in [-0.2, 0) is 4.74 Å². The Kier molecular flexibility index (Phi) is 4.14. The summed E-state index contributed by atoms with van der Waals surface area (Å²) >= 11 is 1.45. The van der Waals surface area contributed by atoms with Crippen molar-refractivity contribution in [2.24, 2.45) is 0 Å². The molecule has 3 nitrogen and oxygen atoms in total. The number of hydrogen-bond acceptors (Lipinski definition) is 4. The van der Waals surface area contributed by atoms with Gasteiger partial charge in [-0.05, 0) is 17.9 Å². The standard InChI is InChI=1S/C10H11NO2S/c1-2-9(3-5-11)13-10(12)8-4-6-14-7-8/h4,6-7,9H,2-3H2,1H3. The molecule has 0 saturated heterocycles. The van der Waals surface area contributed by atoms with Crippen molar-refractivity contribution in [1.82, 2.24) is 0 Å². The van der Waals surface area contributed by atoms with Gasteiger partial charge in [-0.1, -0.05) is 6.92 Å². The highest BCUT2D eigenvalue weighted by molar-refractivity contribution is 7.08. The summed E-state index contributed by atoms with van der Waals surface area (Å²) in [5.41, 5.74) is 0.561. The van der Waals surface area contributed by atoms with Gasteiger partial charge in [0.2, 0.25) is 0 Å². The van der Waals surface area contributed by atoms with Crippen LogP contribution >= 0.6 is 11.3 Å². The Morgan fingerprint density at radius 2 is 2.57 bits per heavy atom. The zero-order chi connectivity index (χ0) is 10.4. The Hall–Kier alpha value is -1.34. The third kappa shape index (κ3) is 2.86. The van der Waals surface area contributed by atoms with Crippen molar-refractivity contribution in [2.75, 3.05) is 0 Å². The van der Waals surface area contributed by atoms with Crippen LogP contribution in [0.5, 0.6) is 0 Å². The lowest BCUT2D eigenvalue weighted by molar-refractivity contribution is 0.0304. The largest absolute Gasteiger partial charge is 0.458 e. The summed E-state index contributed by atoms with van der Waals surface area (Å²) in [5.74, 6) is -0.339. The van der Waals surface area contributed by atoms with Gasteiger partial charge < -0.3 is 4.74 Å². The zero-order valence-corrected chi connectivity index (χ0v) is 8.71. The number of rotatable bonds is 4. The van der Waals surface area contributed by atoms with Crippen LogP contribution in [-0.4, -0.2) is 12.1 Å². The van der Waals surface area contributed by atoms with Crippen LogP contribution in [0.3, 0.4) is 0 Å². The number of thiophene rings is 1. The molecule has 14 heavy (non-hydrogen) atoms. The van der Waals surface area contributed by atoms with Crippen molar-refractivity contribution in [2.45, 2.75) is 25.9 Å². The first kappa shape index (κ1) is 10.7. The quantitative estimate of drug-likeness (QED) is 0.716. The molecule has 4 heteroatoms. The van der Waals surface area contributed by atoms with Gasteiger partial charge in [0.15, 0.2) is 0 Å². The molecule has 74 valence electrons. The van der Waals surface area contributed by atoms with Crippen LogP contribution in [0, 0.1) is 11.3 Å². The summed E-state index contributed by atoms with van der Waals surface area (Å²) in [5, 5.41) is 12.0. The van der Waals surface area contributed by atoms with Crippen molar-refractivity contribution in [3.05, 3.63) is 22.4 Å². The Bertz CT molecular complexity index is 326. The first-order valence-corrected chi connectivity index (χ1v) is 5.32. The first-order chi connectivity index (χ1) is 6.77. The van der Waals surface area contributed by atoms with Gasteiger partial charge in [0.05, 0.1) is 18.1 Å².